The second-order valence-electron chi connectivity index (χ2n) is 18.1. The zero-order chi connectivity index (χ0) is 40.4. The van der Waals surface area contributed by atoms with Crippen molar-refractivity contribution in [3.8, 4) is 11.5 Å². The number of phenolic OH excluding ortho intramolecular Hbond substituents is 1. The second-order valence-corrected chi connectivity index (χ2v) is 18.1. The number of benzene rings is 3. The first kappa shape index (κ1) is 38.1. The van der Waals surface area contributed by atoms with Gasteiger partial charge in [0, 0.05) is 88.5 Å². The number of anilines is 2. The van der Waals surface area contributed by atoms with Gasteiger partial charge in [0.05, 0.1) is 11.7 Å². The number of likely N-dealkylation sites (tertiary alicyclic amines) is 1. The number of carbonyl (C=O) groups excluding carboxylic acids is 3. The minimum atomic E-state index is -0.617. The third-order valence-electron chi connectivity index (χ3n) is 14.6. The zero-order valence-corrected chi connectivity index (χ0v) is 34.2. The second kappa shape index (κ2) is 15.5. The number of piperazine rings is 1. The fourth-order valence-corrected chi connectivity index (χ4v) is 11.4. The average Bonchev–Trinajstić information content (AvgIpc) is 3.55. The first-order valence-corrected chi connectivity index (χ1v) is 21.8. The van der Waals surface area contributed by atoms with Crippen molar-refractivity contribution in [2.24, 2.45) is 11.8 Å². The largest absolute Gasteiger partial charge is 0.508 e. The summed E-state index contributed by atoms with van der Waals surface area (Å²) in [6.45, 7) is 15.7. The lowest BCUT2D eigenvalue weighted by molar-refractivity contribution is -0.136. The van der Waals surface area contributed by atoms with Gasteiger partial charge in [0.1, 0.15) is 24.1 Å². The van der Waals surface area contributed by atoms with Crippen LogP contribution in [0.5, 0.6) is 11.5 Å². The Labute approximate surface area is 347 Å². The standard InChI is InChI=1S/C48H56N6O5/c1-3-4-30(2)39-11-7-33-21-38(55)10-12-40(33)46(39)32-5-8-35(9-6-32)51-17-15-31(16-18-51)24-50-26-36(27-50)52-19-20-53-37(28-52)29-59-44-23-41-34(22-43(44)53)25-54(48(41)58)42-13-14-45(56)49-47(42)57/h3-6,8-10,12,21-23,31,36-37,39,42,46,55H,1,7,11,13-20,24-29H2,2H3,(H,49,56,57)/b30-4+/t37-,39+,42?,46-/m0/s1. The molecule has 11 nitrogen and oxygen atoms in total. The van der Waals surface area contributed by atoms with E-state index < -0.39 is 6.04 Å². The van der Waals surface area contributed by atoms with Crippen LogP contribution in [0.4, 0.5) is 11.4 Å². The highest BCUT2D eigenvalue weighted by atomic mass is 16.5. The van der Waals surface area contributed by atoms with Crippen LogP contribution in [0.15, 0.2) is 78.9 Å². The Morgan fingerprint density at radius 2 is 1.69 bits per heavy atom. The van der Waals surface area contributed by atoms with E-state index in [-0.39, 0.29) is 36.1 Å². The maximum absolute atomic E-state index is 13.4. The van der Waals surface area contributed by atoms with Crippen molar-refractivity contribution in [2.75, 3.05) is 68.8 Å². The number of piperidine rings is 2. The number of amides is 3. The molecule has 4 saturated heterocycles. The number of hydrogen-bond donors (Lipinski definition) is 2. The molecule has 3 aromatic rings. The Hall–Kier alpha value is -5.13. The highest BCUT2D eigenvalue weighted by Gasteiger charge is 2.43. The van der Waals surface area contributed by atoms with E-state index in [1.165, 1.54) is 47.3 Å². The Morgan fingerprint density at radius 1 is 0.881 bits per heavy atom. The lowest BCUT2D eigenvalue weighted by Gasteiger charge is -2.52. The van der Waals surface area contributed by atoms with E-state index >= 15 is 0 Å². The highest BCUT2D eigenvalue weighted by Crippen LogP contribution is 2.46. The number of ether oxygens (including phenoxy) is 1. The lowest BCUT2D eigenvalue weighted by Crippen LogP contribution is -2.66. The molecular weight excluding hydrogens is 741 g/mol. The fourth-order valence-electron chi connectivity index (χ4n) is 11.4. The van der Waals surface area contributed by atoms with Gasteiger partial charge in [-0.3, -0.25) is 29.5 Å². The minimum Gasteiger partial charge on any atom is -0.508 e. The van der Waals surface area contributed by atoms with Gasteiger partial charge in [0.15, 0.2) is 0 Å². The molecule has 3 aromatic carbocycles. The number of allylic oxidation sites excluding steroid dienone is 3. The molecule has 10 rings (SSSR count). The summed E-state index contributed by atoms with van der Waals surface area (Å²) in [5, 5.41) is 12.6. The average molecular weight is 797 g/mol. The number of rotatable bonds is 8. The molecule has 1 unspecified atom stereocenters. The first-order valence-electron chi connectivity index (χ1n) is 21.8. The summed E-state index contributed by atoms with van der Waals surface area (Å²) in [4.78, 5) is 49.6. The quantitative estimate of drug-likeness (QED) is 0.227. The number of hydrogen-bond acceptors (Lipinski definition) is 9. The van der Waals surface area contributed by atoms with Crippen molar-refractivity contribution in [3.05, 3.63) is 107 Å². The van der Waals surface area contributed by atoms with Gasteiger partial charge < -0.3 is 24.5 Å². The van der Waals surface area contributed by atoms with Crippen LogP contribution in [0, 0.1) is 11.8 Å². The molecule has 0 bridgehead atoms. The van der Waals surface area contributed by atoms with Gasteiger partial charge in [-0.05, 0) is 110 Å². The SMILES string of the molecule is C=C/C=C(\C)[C@H]1CCc2cc(O)ccc2[C@H]1c1ccc(N2CCC(CN3CC(N4CCN5c6cc7c(cc6OC[C@@H]5C4)C(=O)N(C4CCC(=O)NC4=O)C7)C3)CC2)cc1. The Morgan fingerprint density at radius 3 is 2.47 bits per heavy atom. The van der Waals surface area contributed by atoms with Gasteiger partial charge in [0.25, 0.3) is 5.91 Å². The molecule has 6 heterocycles. The number of aromatic hydroxyl groups is 1. The van der Waals surface area contributed by atoms with Crippen LogP contribution in [0.3, 0.4) is 0 Å². The summed E-state index contributed by atoms with van der Waals surface area (Å²) >= 11 is 0. The van der Waals surface area contributed by atoms with E-state index in [0.29, 0.717) is 42.8 Å². The molecule has 1 aliphatic carbocycles. The van der Waals surface area contributed by atoms with Crippen molar-refractivity contribution < 1.29 is 24.2 Å². The smallest absolute Gasteiger partial charge is 0.255 e. The lowest BCUT2D eigenvalue weighted by atomic mass is 9.69. The Kier molecular flexibility index (Phi) is 9.99. The van der Waals surface area contributed by atoms with Crippen molar-refractivity contribution in [3.63, 3.8) is 0 Å². The molecule has 4 fully saturated rings. The molecule has 308 valence electrons. The van der Waals surface area contributed by atoms with Gasteiger partial charge in [-0.25, -0.2) is 0 Å². The number of imide groups is 1. The molecule has 11 heteroatoms. The van der Waals surface area contributed by atoms with Gasteiger partial charge >= 0.3 is 0 Å². The maximum atomic E-state index is 13.4. The molecule has 3 amide bonds. The summed E-state index contributed by atoms with van der Waals surface area (Å²) in [6, 6.07) is 19.5. The monoisotopic (exact) mass is 796 g/mol. The van der Waals surface area contributed by atoms with Gasteiger partial charge in [-0.1, -0.05) is 42.5 Å². The fraction of sp³-hybridized carbons (Fsp3) is 0.479. The minimum absolute atomic E-state index is 0.162. The Bertz CT molecular complexity index is 2190. The molecule has 0 aromatic heterocycles. The summed E-state index contributed by atoms with van der Waals surface area (Å²) < 4.78 is 6.31. The third kappa shape index (κ3) is 7.09. The number of nitrogens with zero attached hydrogens (tertiary/aromatic N) is 5. The van der Waals surface area contributed by atoms with E-state index in [1.807, 2.05) is 24.3 Å². The molecular formula is C48H56N6O5. The molecule has 4 atom stereocenters. The maximum Gasteiger partial charge on any atom is 0.255 e. The predicted molar refractivity (Wildman–Crippen MR) is 228 cm³/mol. The summed E-state index contributed by atoms with van der Waals surface area (Å²) in [5.41, 5.74) is 9.19. The predicted octanol–water partition coefficient (Wildman–Crippen LogP) is 5.46. The number of carbonyl (C=O) groups is 3. The molecule has 0 spiro atoms. The van der Waals surface area contributed by atoms with E-state index in [2.05, 4.69) is 80.9 Å². The first-order chi connectivity index (χ1) is 28.7. The van der Waals surface area contributed by atoms with E-state index in [4.69, 9.17) is 4.74 Å². The molecule has 0 saturated carbocycles. The number of nitrogens with one attached hydrogen (secondary N) is 1. The number of fused-ring (bicyclic) bond motifs is 5. The van der Waals surface area contributed by atoms with Crippen LogP contribution in [0.1, 0.15) is 77.6 Å². The summed E-state index contributed by atoms with van der Waals surface area (Å²) in [7, 11) is 0. The molecule has 59 heavy (non-hydrogen) atoms. The van der Waals surface area contributed by atoms with E-state index in [1.54, 1.807) is 4.90 Å². The van der Waals surface area contributed by atoms with Crippen LogP contribution >= 0.6 is 0 Å². The molecule has 2 N–H and O–H groups in total. The number of phenols is 1. The normalized spacial score (nSPS) is 26.7. The van der Waals surface area contributed by atoms with Crippen LogP contribution in [-0.2, 0) is 22.6 Å². The van der Waals surface area contributed by atoms with Crippen molar-refractivity contribution >= 4 is 29.1 Å². The van der Waals surface area contributed by atoms with Gasteiger partial charge in [-0.2, -0.15) is 0 Å². The third-order valence-corrected chi connectivity index (χ3v) is 14.6. The summed E-state index contributed by atoms with van der Waals surface area (Å²) in [6.07, 6.45) is 9.15. The highest BCUT2D eigenvalue weighted by molar-refractivity contribution is 6.06. The van der Waals surface area contributed by atoms with Crippen molar-refractivity contribution in [1.29, 1.82) is 0 Å². The summed E-state index contributed by atoms with van der Waals surface area (Å²) in [5.74, 6) is 1.68. The number of aryl methyl sites for hydroxylation is 1. The topological polar surface area (TPSA) is 109 Å². The molecule has 6 aliphatic heterocycles. The Balaban J connectivity index is 0.704. The molecule has 7 aliphatic rings. The zero-order valence-electron chi connectivity index (χ0n) is 34.2. The van der Waals surface area contributed by atoms with Gasteiger partial charge in [-0.15, -0.1) is 0 Å². The van der Waals surface area contributed by atoms with E-state index in [9.17, 15) is 19.5 Å². The van der Waals surface area contributed by atoms with Crippen LogP contribution < -0.4 is 19.9 Å². The van der Waals surface area contributed by atoms with Crippen LogP contribution in [-0.4, -0.2) is 115 Å². The van der Waals surface area contributed by atoms with Gasteiger partial charge in [0.2, 0.25) is 11.8 Å². The van der Waals surface area contributed by atoms with Crippen molar-refractivity contribution in [2.45, 2.75) is 76.0 Å². The molecule has 0 radical (unpaired) electrons. The van der Waals surface area contributed by atoms with E-state index in [0.717, 1.165) is 81.6 Å². The van der Waals surface area contributed by atoms with Crippen molar-refractivity contribution in [1.82, 2.24) is 20.0 Å². The van der Waals surface area contributed by atoms with Crippen LogP contribution in [0.2, 0.25) is 0 Å². The van der Waals surface area contributed by atoms with Crippen LogP contribution in [0.25, 0.3) is 0 Å².